The normalized spacial score (nSPS) is 14.3. The lowest BCUT2D eigenvalue weighted by molar-refractivity contribution is 0.0863. The van der Waals surface area contributed by atoms with Crippen molar-refractivity contribution in [3.05, 3.63) is 130 Å². The van der Waals surface area contributed by atoms with Crippen molar-refractivity contribution >= 4 is 23.2 Å². The predicted molar refractivity (Wildman–Crippen MR) is 280 cm³/mol. The number of nitrogens with one attached hydrogen (secondary N) is 2. The van der Waals surface area contributed by atoms with E-state index >= 15 is 0 Å². The highest BCUT2D eigenvalue weighted by Gasteiger charge is 2.28. The summed E-state index contributed by atoms with van der Waals surface area (Å²) in [4.78, 5) is 32.0. The maximum Gasteiger partial charge on any atom is 0.251 e. The van der Waals surface area contributed by atoms with E-state index in [1.807, 2.05) is 48.5 Å². The second-order valence-electron chi connectivity index (χ2n) is 18.4. The third-order valence-electron chi connectivity index (χ3n) is 13.0. The number of unbranched alkanes of at least 4 members (excludes halogenated alkanes) is 12. The van der Waals surface area contributed by atoms with Crippen LogP contribution in [0.25, 0.3) is 0 Å². The van der Waals surface area contributed by atoms with Crippen molar-refractivity contribution in [3.63, 3.8) is 0 Å². The van der Waals surface area contributed by atoms with Crippen LogP contribution >= 0.6 is 0 Å². The van der Waals surface area contributed by atoms with Crippen molar-refractivity contribution in [3.8, 4) is 23.7 Å². The number of anilines is 2. The summed E-state index contributed by atoms with van der Waals surface area (Å²) in [5.74, 6) is 12.9. The minimum Gasteiger partial charge on any atom is -0.372 e. The molecule has 1 fully saturated rings. The molecular formula is C60H80N4O2. The van der Waals surface area contributed by atoms with Crippen LogP contribution in [0.2, 0.25) is 0 Å². The molecule has 2 N–H and O–H groups in total. The zero-order valence-electron chi connectivity index (χ0n) is 41.1. The quantitative estimate of drug-likeness (QED) is 0.0487. The van der Waals surface area contributed by atoms with E-state index in [9.17, 15) is 9.59 Å². The van der Waals surface area contributed by atoms with Crippen molar-refractivity contribution < 1.29 is 9.59 Å². The van der Waals surface area contributed by atoms with Gasteiger partial charge in [0.1, 0.15) is 0 Å². The summed E-state index contributed by atoms with van der Waals surface area (Å²) >= 11 is 0. The number of rotatable bonds is 26. The Morgan fingerprint density at radius 2 is 0.682 bits per heavy atom. The van der Waals surface area contributed by atoms with E-state index < -0.39 is 0 Å². The number of carbonyl (C=O) groups is 2. The molecule has 4 aromatic carbocycles. The molecule has 0 heterocycles. The first kappa shape index (κ1) is 51.5. The SMILES string of the molecule is CCCCCCN(CCCCCC)c1ccc(C#Cc2ccc(C(=O)N[C@H]3CCCC[C@@H]3NC(=O)c3ccc(C#Cc4ccc(N(CCCCCC)CCCCCC)cc4)cc3)cc2)cc1. The lowest BCUT2D eigenvalue weighted by Gasteiger charge is -2.33. The van der Waals surface area contributed by atoms with Gasteiger partial charge in [-0.2, -0.15) is 0 Å². The first-order valence-corrected chi connectivity index (χ1v) is 26.0. The van der Waals surface area contributed by atoms with E-state index in [0.717, 1.165) is 74.1 Å². The average molecular weight is 889 g/mol. The van der Waals surface area contributed by atoms with Gasteiger partial charge in [0.15, 0.2) is 0 Å². The predicted octanol–water partition coefficient (Wildman–Crippen LogP) is 13.9. The molecule has 6 nitrogen and oxygen atoms in total. The van der Waals surface area contributed by atoms with E-state index in [1.165, 1.54) is 114 Å². The van der Waals surface area contributed by atoms with Crippen molar-refractivity contribution in [1.82, 2.24) is 10.6 Å². The average Bonchev–Trinajstić information content (AvgIpc) is 3.35. The first-order valence-electron chi connectivity index (χ1n) is 26.0. The van der Waals surface area contributed by atoms with Crippen LogP contribution in [-0.4, -0.2) is 50.1 Å². The summed E-state index contributed by atoms with van der Waals surface area (Å²) in [5, 5.41) is 6.47. The van der Waals surface area contributed by atoms with Gasteiger partial charge in [0, 0.05) is 83.0 Å². The van der Waals surface area contributed by atoms with E-state index in [2.05, 4.69) is 120 Å². The van der Waals surface area contributed by atoms with Gasteiger partial charge in [0.2, 0.25) is 0 Å². The van der Waals surface area contributed by atoms with Crippen LogP contribution in [0.3, 0.4) is 0 Å². The van der Waals surface area contributed by atoms with Gasteiger partial charge in [0.25, 0.3) is 11.8 Å². The maximum absolute atomic E-state index is 13.5. The molecule has 2 atom stereocenters. The molecular weight excluding hydrogens is 809 g/mol. The Morgan fingerprint density at radius 1 is 0.409 bits per heavy atom. The Bertz CT molecular complexity index is 1940. The number of carbonyl (C=O) groups excluding carboxylic acids is 2. The zero-order valence-corrected chi connectivity index (χ0v) is 41.1. The Hall–Kier alpha value is -5.46. The molecule has 5 rings (SSSR count). The standard InChI is InChI=1S/C60H80N4O2/c1-5-9-13-19-45-63(46-20-14-10-6-2)55-41-33-51(34-42-55)27-25-49-29-37-53(38-30-49)59(65)61-57-23-17-18-24-58(57)62-60(66)54-39-31-50(32-40-54)26-28-52-35-43-56(44-36-52)64(47-21-15-11-7-3)48-22-16-12-8-4/h29-44,57-58H,5-24,45-48H2,1-4H3,(H,61,65)(H,62,66)/t57-,58-/m0/s1. The second-order valence-corrected chi connectivity index (χ2v) is 18.4. The van der Waals surface area contributed by atoms with Crippen molar-refractivity contribution in [2.45, 2.75) is 168 Å². The Kier molecular flexibility index (Phi) is 23.4. The molecule has 1 saturated carbocycles. The highest BCUT2D eigenvalue weighted by atomic mass is 16.2. The van der Waals surface area contributed by atoms with Gasteiger partial charge < -0.3 is 20.4 Å². The number of hydrogen-bond donors (Lipinski definition) is 2. The third kappa shape index (κ3) is 18.1. The van der Waals surface area contributed by atoms with Gasteiger partial charge in [0.05, 0.1) is 0 Å². The third-order valence-corrected chi connectivity index (χ3v) is 13.0. The molecule has 352 valence electrons. The molecule has 66 heavy (non-hydrogen) atoms. The van der Waals surface area contributed by atoms with Crippen LogP contribution in [0.4, 0.5) is 11.4 Å². The zero-order chi connectivity index (χ0) is 46.6. The highest BCUT2D eigenvalue weighted by molar-refractivity contribution is 5.95. The summed E-state index contributed by atoms with van der Waals surface area (Å²) in [6, 6.07) is 32.1. The molecule has 0 aromatic heterocycles. The van der Waals surface area contributed by atoms with Crippen molar-refractivity contribution in [1.29, 1.82) is 0 Å². The minimum absolute atomic E-state index is 0.134. The fourth-order valence-electron chi connectivity index (χ4n) is 8.85. The van der Waals surface area contributed by atoms with Gasteiger partial charge >= 0.3 is 0 Å². The summed E-state index contributed by atoms with van der Waals surface area (Å²) in [7, 11) is 0. The van der Waals surface area contributed by atoms with Gasteiger partial charge in [-0.05, 0) is 136 Å². The molecule has 6 heteroatoms. The lowest BCUT2D eigenvalue weighted by atomic mass is 9.89. The Balaban J connectivity index is 1.11. The van der Waals surface area contributed by atoms with Gasteiger partial charge in [-0.3, -0.25) is 9.59 Å². The summed E-state index contributed by atoms with van der Waals surface area (Å²) in [5.41, 5.74) is 7.41. The summed E-state index contributed by atoms with van der Waals surface area (Å²) < 4.78 is 0. The fraction of sp³-hybridized carbons (Fsp3) is 0.500. The van der Waals surface area contributed by atoms with Crippen LogP contribution in [0.15, 0.2) is 97.1 Å². The Labute approximate surface area is 400 Å². The number of hydrogen-bond acceptors (Lipinski definition) is 4. The van der Waals surface area contributed by atoms with E-state index in [0.29, 0.717) is 11.1 Å². The first-order chi connectivity index (χ1) is 32.4. The van der Waals surface area contributed by atoms with Gasteiger partial charge in [-0.15, -0.1) is 0 Å². The van der Waals surface area contributed by atoms with E-state index in [1.54, 1.807) is 0 Å². The molecule has 0 unspecified atom stereocenters. The number of amides is 2. The van der Waals surface area contributed by atoms with Crippen molar-refractivity contribution in [2.75, 3.05) is 36.0 Å². The second kappa shape index (κ2) is 29.9. The van der Waals surface area contributed by atoms with Crippen LogP contribution < -0.4 is 20.4 Å². The van der Waals surface area contributed by atoms with Crippen LogP contribution in [0.5, 0.6) is 0 Å². The van der Waals surface area contributed by atoms with Gasteiger partial charge in [-0.1, -0.05) is 141 Å². The molecule has 0 spiro atoms. The lowest BCUT2D eigenvalue weighted by Crippen LogP contribution is -2.53. The summed E-state index contributed by atoms with van der Waals surface area (Å²) in [6.45, 7) is 13.5. The van der Waals surface area contributed by atoms with Crippen molar-refractivity contribution in [2.24, 2.45) is 0 Å². The van der Waals surface area contributed by atoms with Crippen LogP contribution in [0, 0.1) is 23.7 Å². The van der Waals surface area contributed by atoms with Crippen LogP contribution in [0.1, 0.15) is 199 Å². The monoisotopic (exact) mass is 889 g/mol. The maximum atomic E-state index is 13.5. The molecule has 1 aliphatic carbocycles. The highest BCUT2D eigenvalue weighted by Crippen LogP contribution is 2.22. The molecule has 2 amide bonds. The molecule has 0 saturated heterocycles. The number of benzene rings is 4. The molecule has 1 aliphatic rings. The van der Waals surface area contributed by atoms with E-state index in [-0.39, 0.29) is 23.9 Å². The molecule has 0 aliphatic heterocycles. The number of nitrogens with zero attached hydrogens (tertiary/aromatic N) is 2. The molecule has 4 aromatic rings. The largest absolute Gasteiger partial charge is 0.372 e. The van der Waals surface area contributed by atoms with Gasteiger partial charge in [-0.25, -0.2) is 0 Å². The minimum atomic E-state index is -0.146. The Morgan fingerprint density at radius 3 is 0.955 bits per heavy atom. The fourth-order valence-corrected chi connectivity index (χ4v) is 8.85. The molecule has 0 bridgehead atoms. The summed E-state index contributed by atoms with van der Waals surface area (Å²) in [6.07, 6.45) is 23.9. The topological polar surface area (TPSA) is 64.7 Å². The van der Waals surface area contributed by atoms with Crippen LogP contribution in [-0.2, 0) is 0 Å². The molecule has 0 radical (unpaired) electrons. The van der Waals surface area contributed by atoms with E-state index in [4.69, 9.17) is 0 Å². The smallest absolute Gasteiger partial charge is 0.251 e.